The van der Waals surface area contributed by atoms with E-state index < -0.39 is 0 Å². The second kappa shape index (κ2) is 12.5. The number of benzene rings is 1. The first-order valence-electron chi connectivity index (χ1n) is 9.72. The molecular formula is C21H32IN5O2. The standard InChI is InChI=1S/C21H31N5O2.HI/c1-6-15(4)25-20(27)17-9-7-16(8-10-17)12-23-21(22-5)24-13-18-11-19(14(2)3)26-28-18;/h7-11,14-15H,6,12-13H2,1-5H3,(H,25,27)(H2,22,23,24);1H. The number of guanidine groups is 1. The molecule has 0 saturated heterocycles. The van der Waals surface area contributed by atoms with Crippen LogP contribution < -0.4 is 16.0 Å². The van der Waals surface area contributed by atoms with E-state index in [1.807, 2.05) is 44.2 Å². The zero-order valence-electron chi connectivity index (χ0n) is 17.8. The van der Waals surface area contributed by atoms with Gasteiger partial charge in [-0.05, 0) is 37.0 Å². The number of halogens is 1. The lowest BCUT2D eigenvalue weighted by molar-refractivity contribution is 0.0939. The lowest BCUT2D eigenvalue weighted by Crippen LogP contribution is -2.36. The van der Waals surface area contributed by atoms with E-state index in [2.05, 4.69) is 39.9 Å². The molecule has 29 heavy (non-hydrogen) atoms. The Morgan fingerprint density at radius 2 is 1.79 bits per heavy atom. The average Bonchev–Trinajstić information content (AvgIpc) is 3.17. The van der Waals surface area contributed by atoms with Gasteiger partial charge in [0.25, 0.3) is 5.91 Å². The minimum absolute atomic E-state index is 0. The van der Waals surface area contributed by atoms with Crippen molar-refractivity contribution in [3.63, 3.8) is 0 Å². The number of carbonyl (C=O) groups excluding carboxylic acids is 1. The number of aromatic nitrogens is 1. The normalized spacial score (nSPS) is 12.3. The van der Waals surface area contributed by atoms with Crippen molar-refractivity contribution >= 4 is 35.8 Å². The van der Waals surface area contributed by atoms with Crippen LogP contribution in [0.2, 0.25) is 0 Å². The third kappa shape index (κ3) is 8.04. The fraction of sp³-hybridized carbons (Fsp3) is 0.476. The minimum atomic E-state index is -0.0424. The molecule has 1 heterocycles. The van der Waals surface area contributed by atoms with E-state index >= 15 is 0 Å². The molecule has 1 atom stereocenters. The van der Waals surface area contributed by atoms with Crippen LogP contribution in [-0.2, 0) is 13.1 Å². The molecule has 0 aliphatic heterocycles. The van der Waals surface area contributed by atoms with Gasteiger partial charge in [-0.1, -0.05) is 38.1 Å². The smallest absolute Gasteiger partial charge is 0.251 e. The van der Waals surface area contributed by atoms with E-state index in [1.54, 1.807) is 7.05 Å². The zero-order chi connectivity index (χ0) is 20.5. The van der Waals surface area contributed by atoms with Crippen molar-refractivity contribution in [2.45, 2.75) is 59.2 Å². The first-order chi connectivity index (χ1) is 13.4. The largest absolute Gasteiger partial charge is 0.359 e. The Hall–Kier alpha value is -2.10. The number of hydrogen-bond donors (Lipinski definition) is 3. The molecule has 8 heteroatoms. The van der Waals surface area contributed by atoms with Gasteiger partial charge in [0.05, 0.1) is 12.2 Å². The number of carbonyl (C=O) groups is 1. The summed E-state index contributed by atoms with van der Waals surface area (Å²) >= 11 is 0. The zero-order valence-corrected chi connectivity index (χ0v) is 20.1. The maximum atomic E-state index is 12.1. The molecule has 160 valence electrons. The fourth-order valence-corrected chi connectivity index (χ4v) is 2.44. The van der Waals surface area contributed by atoms with Crippen LogP contribution >= 0.6 is 24.0 Å². The van der Waals surface area contributed by atoms with Gasteiger partial charge in [0, 0.05) is 31.3 Å². The highest BCUT2D eigenvalue weighted by atomic mass is 127. The number of nitrogens with zero attached hydrogens (tertiary/aromatic N) is 2. The third-order valence-electron chi connectivity index (χ3n) is 4.49. The van der Waals surface area contributed by atoms with E-state index in [9.17, 15) is 4.79 Å². The summed E-state index contributed by atoms with van der Waals surface area (Å²) in [4.78, 5) is 16.3. The summed E-state index contributed by atoms with van der Waals surface area (Å²) in [6.07, 6.45) is 0.909. The minimum Gasteiger partial charge on any atom is -0.359 e. The molecule has 1 aromatic carbocycles. The van der Waals surface area contributed by atoms with Crippen molar-refractivity contribution in [1.82, 2.24) is 21.1 Å². The van der Waals surface area contributed by atoms with Crippen molar-refractivity contribution in [3.05, 3.63) is 52.9 Å². The van der Waals surface area contributed by atoms with Crippen LogP contribution in [0.1, 0.15) is 67.4 Å². The molecule has 0 aliphatic carbocycles. The molecule has 1 amide bonds. The van der Waals surface area contributed by atoms with E-state index in [1.165, 1.54) is 0 Å². The number of aliphatic imine (C=N–C) groups is 1. The second-order valence-electron chi connectivity index (χ2n) is 7.13. The Morgan fingerprint density at radius 1 is 1.14 bits per heavy atom. The van der Waals surface area contributed by atoms with Crippen LogP contribution in [0.15, 0.2) is 39.8 Å². The molecule has 7 nitrogen and oxygen atoms in total. The van der Waals surface area contributed by atoms with E-state index in [0.29, 0.717) is 30.5 Å². The Balaban J connectivity index is 0.00000420. The number of rotatable bonds is 8. The Bertz CT molecular complexity index is 787. The van der Waals surface area contributed by atoms with Crippen molar-refractivity contribution in [1.29, 1.82) is 0 Å². The van der Waals surface area contributed by atoms with Gasteiger partial charge < -0.3 is 20.5 Å². The molecule has 0 aliphatic rings. The van der Waals surface area contributed by atoms with Gasteiger partial charge in [-0.15, -0.1) is 24.0 Å². The maximum Gasteiger partial charge on any atom is 0.251 e. The van der Waals surface area contributed by atoms with Gasteiger partial charge >= 0.3 is 0 Å². The van der Waals surface area contributed by atoms with Crippen molar-refractivity contribution in [3.8, 4) is 0 Å². The third-order valence-corrected chi connectivity index (χ3v) is 4.49. The summed E-state index contributed by atoms with van der Waals surface area (Å²) in [6, 6.07) is 9.69. The summed E-state index contributed by atoms with van der Waals surface area (Å²) < 4.78 is 5.32. The topological polar surface area (TPSA) is 91.5 Å². The van der Waals surface area contributed by atoms with Crippen LogP contribution in [0.4, 0.5) is 0 Å². The second-order valence-corrected chi connectivity index (χ2v) is 7.13. The van der Waals surface area contributed by atoms with Gasteiger partial charge in [-0.25, -0.2) is 0 Å². The summed E-state index contributed by atoms with van der Waals surface area (Å²) in [7, 11) is 1.72. The quantitative estimate of drug-likeness (QED) is 0.284. The van der Waals surface area contributed by atoms with Gasteiger partial charge in [0.15, 0.2) is 11.7 Å². The van der Waals surface area contributed by atoms with Gasteiger partial charge in [0.2, 0.25) is 0 Å². The SMILES string of the molecule is CCC(C)NC(=O)c1ccc(CNC(=NC)NCc2cc(C(C)C)no2)cc1.I. The van der Waals surface area contributed by atoms with Gasteiger partial charge in [-0.2, -0.15) is 0 Å². The van der Waals surface area contributed by atoms with Gasteiger partial charge in [0.1, 0.15) is 0 Å². The number of amides is 1. The highest BCUT2D eigenvalue weighted by molar-refractivity contribution is 14.0. The van der Waals surface area contributed by atoms with Crippen molar-refractivity contribution < 1.29 is 9.32 Å². The van der Waals surface area contributed by atoms with Crippen LogP contribution in [0.3, 0.4) is 0 Å². The van der Waals surface area contributed by atoms with Crippen molar-refractivity contribution in [2.24, 2.45) is 4.99 Å². The highest BCUT2D eigenvalue weighted by Crippen LogP contribution is 2.13. The molecule has 0 radical (unpaired) electrons. The Morgan fingerprint density at radius 3 is 2.34 bits per heavy atom. The molecule has 1 unspecified atom stereocenters. The Labute approximate surface area is 190 Å². The van der Waals surface area contributed by atoms with Crippen LogP contribution in [0.5, 0.6) is 0 Å². The summed E-state index contributed by atoms with van der Waals surface area (Å²) in [5, 5.41) is 13.5. The number of nitrogens with one attached hydrogen (secondary N) is 3. The molecular weight excluding hydrogens is 481 g/mol. The summed E-state index contributed by atoms with van der Waals surface area (Å²) in [5.74, 6) is 1.73. The predicted molar refractivity (Wildman–Crippen MR) is 127 cm³/mol. The molecule has 2 aromatic rings. The monoisotopic (exact) mass is 513 g/mol. The molecule has 3 N–H and O–H groups in total. The number of hydrogen-bond acceptors (Lipinski definition) is 4. The first kappa shape index (κ1) is 24.9. The van der Waals surface area contributed by atoms with Crippen LogP contribution in [0, 0.1) is 0 Å². The molecule has 0 fully saturated rings. The Kier molecular flexibility index (Phi) is 10.7. The average molecular weight is 513 g/mol. The van der Waals surface area contributed by atoms with Crippen LogP contribution in [-0.4, -0.2) is 30.1 Å². The fourth-order valence-electron chi connectivity index (χ4n) is 2.44. The molecule has 0 saturated carbocycles. The van der Waals surface area contributed by atoms with Gasteiger partial charge in [-0.3, -0.25) is 9.79 Å². The van der Waals surface area contributed by atoms with E-state index in [0.717, 1.165) is 23.4 Å². The molecule has 1 aromatic heterocycles. The lowest BCUT2D eigenvalue weighted by Gasteiger charge is -2.12. The van der Waals surface area contributed by atoms with E-state index in [4.69, 9.17) is 4.52 Å². The molecule has 2 rings (SSSR count). The maximum absolute atomic E-state index is 12.1. The highest BCUT2D eigenvalue weighted by Gasteiger charge is 2.09. The molecule has 0 bridgehead atoms. The summed E-state index contributed by atoms with van der Waals surface area (Å²) in [6.45, 7) is 9.31. The molecule has 0 spiro atoms. The van der Waals surface area contributed by atoms with Crippen molar-refractivity contribution in [2.75, 3.05) is 7.05 Å². The van der Waals surface area contributed by atoms with Crippen LogP contribution in [0.25, 0.3) is 0 Å². The predicted octanol–water partition coefficient (Wildman–Crippen LogP) is 3.81. The summed E-state index contributed by atoms with van der Waals surface area (Å²) in [5.41, 5.74) is 2.67. The van der Waals surface area contributed by atoms with E-state index in [-0.39, 0.29) is 35.9 Å². The lowest BCUT2D eigenvalue weighted by atomic mass is 10.1. The first-order valence-corrected chi connectivity index (χ1v) is 9.72.